The highest BCUT2D eigenvalue weighted by molar-refractivity contribution is 6.29. The van der Waals surface area contributed by atoms with Gasteiger partial charge in [-0.25, -0.2) is 4.98 Å². The lowest BCUT2D eigenvalue weighted by Gasteiger charge is -2.22. The highest BCUT2D eigenvalue weighted by atomic mass is 35.5. The predicted molar refractivity (Wildman–Crippen MR) is 87.0 cm³/mol. The van der Waals surface area contributed by atoms with E-state index in [4.69, 9.17) is 11.6 Å². The van der Waals surface area contributed by atoms with E-state index in [1.54, 1.807) is 6.07 Å². The van der Waals surface area contributed by atoms with E-state index in [2.05, 4.69) is 24.1 Å². The maximum Gasteiger partial charge on any atom is 0.254 e. The molecule has 1 aliphatic carbocycles. The van der Waals surface area contributed by atoms with E-state index in [1.165, 1.54) is 0 Å². The number of aromatic nitrogens is 1. The van der Waals surface area contributed by atoms with Gasteiger partial charge in [0.15, 0.2) is 0 Å². The second-order valence-electron chi connectivity index (χ2n) is 5.57. The van der Waals surface area contributed by atoms with Crippen LogP contribution in [0.15, 0.2) is 12.1 Å². The lowest BCUT2D eigenvalue weighted by molar-refractivity contribution is 0.0740. The van der Waals surface area contributed by atoms with Gasteiger partial charge in [0.05, 0.1) is 0 Å². The van der Waals surface area contributed by atoms with Gasteiger partial charge in [-0.2, -0.15) is 0 Å². The second kappa shape index (κ2) is 7.64. The molecule has 0 radical (unpaired) electrons. The lowest BCUT2D eigenvalue weighted by Crippen LogP contribution is -2.34. The van der Waals surface area contributed by atoms with Gasteiger partial charge in [-0.05, 0) is 37.8 Å². The van der Waals surface area contributed by atoms with Gasteiger partial charge >= 0.3 is 0 Å². The fourth-order valence-corrected chi connectivity index (χ4v) is 2.50. The third kappa shape index (κ3) is 4.60. The Kier molecular flexibility index (Phi) is 5.85. The molecule has 2 rings (SSSR count). The highest BCUT2D eigenvalue weighted by Gasteiger charge is 2.32. The summed E-state index contributed by atoms with van der Waals surface area (Å²) in [6.45, 7) is 5.88. The van der Waals surface area contributed by atoms with Gasteiger partial charge in [-0.3, -0.25) is 4.79 Å². The molecular weight excluding hydrogens is 286 g/mol. The molecule has 1 fully saturated rings. The van der Waals surface area contributed by atoms with Crippen LogP contribution in [0.3, 0.4) is 0 Å². The number of halogens is 1. The van der Waals surface area contributed by atoms with E-state index < -0.39 is 0 Å². The maximum atomic E-state index is 12.7. The van der Waals surface area contributed by atoms with E-state index in [9.17, 15) is 4.79 Å². The van der Waals surface area contributed by atoms with Crippen LogP contribution in [0.4, 0.5) is 5.82 Å². The first-order valence-electron chi connectivity index (χ1n) is 7.88. The summed E-state index contributed by atoms with van der Waals surface area (Å²) in [6, 6.07) is 3.90. The summed E-state index contributed by atoms with van der Waals surface area (Å²) in [5.41, 5.74) is 0.636. The summed E-state index contributed by atoms with van der Waals surface area (Å²) in [5.74, 6) is 0.758. The van der Waals surface area contributed by atoms with E-state index in [1.807, 2.05) is 11.0 Å². The van der Waals surface area contributed by atoms with Crippen LogP contribution in [-0.4, -0.2) is 34.9 Å². The zero-order chi connectivity index (χ0) is 15.2. The summed E-state index contributed by atoms with van der Waals surface area (Å²) in [4.78, 5) is 18.9. The first kappa shape index (κ1) is 16.1. The fraction of sp³-hybridized carbons (Fsp3) is 0.625. The Morgan fingerprint density at radius 1 is 1.38 bits per heavy atom. The van der Waals surface area contributed by atoms with E-state index in [-0.39, 0.29) is 5.91 Å². The number of hydrogen-bond donors (Lipinski definition) is 1. The Labute approximate surface area is 131 Å². The third-order valence-corrected chi connectivity index (χ3v) is 3.79. The van der Waals surface area contributed by atoms with Crippen molar-refractivity contribution in [1.82, 2.24) is 9.88 Å². The van der Waals surface area contributed by atoms with Crippen molar-refractivity contribution in [2.75, 3.05) is 18.4 Å². The quantitative estimate of drug-likeness (QED) is 0.739. The van der Waals surface area contributed by atoms with Crippen molar-refractivity contribution in [3.63, 3.8) is 0 Å². The molecule has 0 atom stereocenters. The molecule has 0 bridgehead atoms. The Morgan fingerprint density at radius 2 is 2.14 bits per heavy atom. The molecule has 0 saturated heterocycles. The molecule has 0 unspecified atom stereocenters. The SMILES string of the molecule is CCCCN(C(=O)c1cc(Cl)nc(NCCC)c1)C1CC1. The molecule has 0 spiro atoms. The number of hydrogen-bond acceptors (Lipinski definition) is 3. The minimum Gasteiger partial charge on any atom is -0.370 e. The topological polar surface area (TPSA) is 45.2 Å². The van der Waals surface area contributed by atoms with Gasteiger partial charge in [-0.1, -0.05) is 31.9 Å². The van der Waals surface area contributed by atoms with Crippen molar-refractivity contribution in [3.8, 4) is 0 Å². The van der Waals surface area contributed by atoms with Crippen molar-refractivity contribution in [2.45, 2.75) is 52.0 Å². The fourth-order valence-electron chi connectivity index (χ4n) is 2.29. The largest absolute Gasteiger partial charge is 0.370 e. The standard InChI is InChI=1S/C16H24ClN3O/c1-3-5-9-20(13-6-7-13)16(21)12-10-14(17)19-15(11-12)18-8-4-2/h10-11,13H,3-9H2,1-2H3,(H,18,19). The third-order valence-electron chi connectivity index (χ3n) is 3.60. The average molecular weight is 310 g/mol. The number of nitrogens with one attached hydrogen (secondary N) is 1. The molecule has 5 heteroatoms. The van der Waals surface area contributed by atoms with Crippen LogP contribution in [0, 0.1) is 0 Å². The summed E-state index contributed by atoms with van der Waals surface area (Å²) in [7, 11) is 0. The second-order valence-corrected chi connectivity index (χ2v) is 5.96. The van der Waals surface area contributed by atoms with Gasteiger partial charge in [0.25, 0.3) is 5.91 Å². The zero-order valence-corrected chi connectivity index (χ0v) is 13.6. The number of nitrogens with zero attached hydrogens (tertiary/aromatic N) is 2. The van der Waals surface area contributed by atoms with Gasteiger partial charge in [0.1, 0.15) is 11.0 Å². The monoisotopic (exact) mass is 309 g/mol. The molecule has 1 saturated carbocycles. The van der Waals surface area contributed by atoms with Crippen molar-refractivity contribution < 1.29 is 4.79 Å². The number of carbonyl (C=O) groups excluding carboxylic acids is 1. The first-order chi connectivity index (χ1) is 10.2. The molecule has 1 amide bonds. The normalized spacial score (nSPS) is 14.0. The number of unbranched alkanes of at least 4 members (excludes halogenated alkanes) is 1. The van der Waals surface area contributed by atoms with Crippen molar-refractivity contribution >= 4 is 23.3 Å². The van der Waals surface area contributed by atoms with E-state index in [0.717, 1.165) is 45.2 Å². The highest BCUT2D eigenvalue weighted by Crippen LogP contribution is 2.29. The molecule has 1 N–H and O–H groups in total. The van der Waals surface area contributed by atoms with Crippen LogP contribution in [0.5, 0.6) is 0 Å². The van der Waals surface area contributed by atoms with Crippen LogP contribution in [0.2, 0.25) is 5.15 Å². The number of carbonyl (C=O) groups is 1. The molecule has 1 aromatic rings. The van der Waals surface area contributed by atoms with Crippen molar-refractivity contribution in [3.05, 3.63) is 22.8 Å². The molecule has 116 valence electrons. The van der Waals surface area contributed by atoms with E-state index >= 15 is 0 Å². The van der Waals surface area contributed by atoms with Crippen molar-refractivity contribution in [1.29, 1.82) is 0 Å². The molecule has 1 aromatic heterocycles. The summed E-state index contributed by atoms with van der Waals surface area (Å²) >= 11 is 6.06. The van der Waals surface area contributed by atoms with Gasteiger partial charge in [0.2, 0.25) is 0 Å². The van der Waals surface area contributed by atoms with Gasteiger partial charge in [0, 0.05) is 24.7 Å². The predicted octanol–water partition coefficient (Wildman–Crippen LogP) is 3.96. The molecular formula is C16H24ClN3O. The Hall–Kier alpha value is -1.29. The molecule has 21 heavy (non-hydrogen) atoms. The maximum absolute atomic E-state index is 12.7. The van der Waals surface area contributed by atoms with E-state index in [0.29, 0.717) is 22.6 Å². The minimum atomic E-state index is 0.0785. The molecule has 0 aromatic carbocycles. The first-order valence-corrected chi connectivity index (χ1v) is 8.26. The zero-order valence-electron chi connectivity index (χ0n) is 12.9. The number of amides is 1. The number of rotatable bonds is 8. The Bertz CT molecular complexity index is 488. The Balaban J connectivity index is 2.14. The minimum absolute atomic E-state index is 0.0785. The molecule has 0 aliphatic heterocycles. The van der Waals surface area contributed by atoms with Gasteiger partial charge < -0.3 is 10.2 Å². The summed E-state index contributed by atoms with van der Waals surface area (Å²) < 4.78 is 0. The van der Waals surface area contributed by atoms with Crippen molar-refractivity contribution in [2.24, 2.45) is 0 Å². The summed E-state index contributed by atoms with van der Waals surface area (Å²) in [5, 5.41) is 3.56. The Morgan fingerprint density at radius 3 is 2.76 bits per heavy atom. The van der Waals surface area contributed by atoms with Crippen LogP contribution >= 0.6 is 11.6 Å². The summed E-state index contributed by atoms with van der Waals surface area (Å²) in [6.07, 6.45) is 5.38. The smallest absolute Gasteiger partial charge is 0.254 e. The lowest BCUT2D eigenvalue weighted by atomic mass is 10.2. The molecule has 1 aliphatic rings. The van der Waals surface area contributed by atoms with Crippen LogP contribution in [0.1, 0.15) is 56.3 Å². The van der Waals surface area contributed by atoms with Gasteiger partial charge in [-0.15, -0.1) is 0 Å². The molecule has 4 nitrogen and oxygen atoms in total. The van der Waals surface area contributed by atoms with Crippen LogP contribution < -0.4 is 5.32 Å². The van der Waals surface area contributed by atoms with Crippen LogP contribution in [0.25, 0.3) is 0 Å². The number of pyridine rings is 1. The number of anilines is 1. The average Bonchev–Trinajstić information content (AvgIpc) is 3.29. The van der Waals surface area contributed by atoms with Crippen LogP contribution in [-0.2, 0) is 0 Å². The molecule has 1 heterocycles.